The van der Waals surface area contributed by atoms with Gasteiger partial charge < -0.3 is 11.1 Å². The normalized spacial score (nSPS) is 12.0. The number of amides is 1. The van der Waals surface area contributed by atoms with Gasteiger partial charge in [0.2, 0.25) is 0 Å². The number of carbonyl (C=O) groups is 1. The molecule has 1 atom stereocenters. The number of hydrogen-bond donors (Lipinski definition) is 2. The maximum atomic E-state index is 13.0. The Bertz CT molecular complexity index is 492. The Hall–Kier alpha value is -2.09. The third kappa shape index (κ3) is 3.20. The summed E-state index contributed by atoms with van der Waals surface area (Å²) in [6, 6.07) is 0.499. The zero-order chi connectivity index (χ0) is 13.9. The molecular formula is C10H11F2N3O3. The first-order chi connectivity index (χ1) is 8.32. The molecule has 0 fully saturated rings. The molecule has 0 spiro atoms. The molecule has 0 aliphatic heterocycles. The van der Waals surface area contributed by atoms with Crippen LogP contribution in [0.5, 0.6) is 0 Å². The summed E-state index contributed by atoms with van der Waals surface area (Å²) < 4.78 is 25.8. The molecule has 0 saturated heterocycles. The van der Waals surface area contributed by atoms with E-state index in [2.05, 4.69) is 5.32 Å². The summed E-state index contributed by atoms with van der Waals surface area (Å²) in [6.07, 6.45) is 0. The van der Waals surface area contributed by atoms with Crippen LogP contribution < -0.4 is 11.1 Å². The Labute approximate surface area is 101 Å². The summed E-state index contributed by atoms with van der Waals surface area (Å²) >= 11 is 0. The maximum absolute atomic E-state index is 13.0. The number of carbonyl (C=O) groups excluding carboxylic acids is 1. The highest BCUT2D eigenvalue weighted by Gasteiger charge is 2.23. The fraction of sp³-hybridized carbons (Fsp3) is 0.300. The van der Waals surface area contributed by atoms with Crippen molar-refractivity contribution in [3.05, 3.63) is 39.4 Å². The van der Waals surface area contributed by atoms with Gasteiger partial charge in [0.05, 0.1) is 11.0 Å². The van der Waals surface area contributed by atoms with E-state index >= 15 is 0 Å². The molecule has 1 aromatic rings. The first-order valence-corrected chi connectivity index (χ1v) is 5.00. The number of hydrogen-bond acceptors (Lipinski definition) is 4. The molecule has 1 rings (SSSR count). The van der Waals surface area contributed by atoms with Crippen molar-refractivity contribution >= 4 is 11.6 Å². The summed E-state index contributed by atoms with van der Waals surface area (Å²) in [5.41, 5.74) is 4.05. The fourth-order valence-electron chi connectivity index (χ4n) is 1.22. The zero-order valence-electron chi connectivity index (χ0n) is 9.44. The maximum Gasteiger partial charge on any atom is 0.285 e. The minimum atomic E-state index is -1.38. The Morgan fingerprint density at radius 1 is 1.50 bits per heavy atom. The number of rotatable bonds is 4. The molecule has 0 aliphatic rings. The van der Waals surface area contributed by atoms with Gasteiger partial charge in [0, 0.05) is 12.6 Å². The van der Waals surface area contributed by atoms with E-state index in [1.807, 2.05) is 0 Å². The average Bonchev–Trinajstić information content (AvgIpc) is 2.28. The van der Waals surface area contributed by atoms with Crippen LogP contribution in [0, 0.1) is 21.7 Å². The van der Waals surface area contributed by atoms with E-state index in [0.29, 0.717) is 12.1 Å². The van der Waals surface area contributed by atoms with E-state index in [1.165, 1.54) is 0 Å². The van der Waals surface area contributed by atoms with Gasteiger partial charge in [-0.3, -0.25) is 14.9 Å². The lowest BCUT2D eigenvalue weighted by molar-refractivity contribution is -0.385. The van der Waals surface area contributed by atoms with Gasteiger partial charge in [0.1, 0.15) is 5.56 Å². The van der Waals surface area contributed by atoms with E-state index in [-0.39, 0.29) is 12.6 Å². The molecule has 8 heteroatoms. The van der Waals surface area contributed by atoms with Crippen LogP contribution in [0.1, 0.15) is 17.3 Å². The van der Waals surface area contributed by atoms with Gasteiger partial charge in [0.15, 0.2) is 11.6 Å². The first kappa shape index (κ1) is 14.0. The number of halogens is 2. The van der Waals surface area contributed by atoms with Gasteiger partial charge in [0.25, 0.3) is 11.6 Å². The predicted molar refractivity (Wildman–Crippen MR) is 59.0 cm³/mol. The molecule has 98 valence electrons. The number of benzene rings is 1. The average molecular weight is 259 g/mol. The highest BCUT2D eigenvalue weighted by molar-refractivity contribution is 5.98. The minimum Gasteiger partial charge on any atom is -0.350 e. The first-order valence-electron chi connectivity index (χ1n) is 5.00. The number of nitrogens with one attached hydrogen (secondary N) is 1. The molecule has 0 bridgehead atoms. The Balaban J connectivity index is 3.10. The van der Waals surface area contributed by atoms with E-state index in [9.17, 15) is 23.7 Å². The Morgan fingerprint density at radius 3 is 2.56 bits per heavy atom. The van der Waals surface area contributed by atoms with Crippen molar-refractivity contribution < 1.29 is 18.5 Å². The summed E-state index contributed by atoms with van der Waals surface area (Å²) in [7, 11) is 0. The lowest BCUT2D eigenvalue weighted by Gasteiger charge is -2.08. The van der Waals surface area contributed by atoms with Crippen LogP contribution in [0.15, 0.2) is 12.1 Å². The van der Waals surface area contributed by atoms with Gasteiger partial charge in [-0.15, -0.1) is 0 Å². The van der Waals surface area contributed by atoms with Crippen molar-refractivity contribution in [1.82, 2.24) is 5.32 Å². The Kier molecular flexibility index (Phi) is 4.27. The summed E-state index contributed by atoms with van der Waals surface area (Å²) in [5.74, 6) is -3.59. The van der Waals surface area contributed by atoms with Crippen molar-refractivity contribution in [3.8, 4) is 0 Å². The molecule has 0 aromatic heterocycles. The third-order valence-corrected chi connectivity index (χ3v) is 2.06. The SMILES string of the molecule is CC(N)CNC(=O)c1cc(F)c(F)cc1[N+](=O)[O-]. The van der Waals surface area contributed by atoms with Gasteiger partial charge in [-0.05, 0) is 13.0 Å². The predicted octanol–water partition coefficient (Wildman–Crippen LogP) is 0.950. The van der Waals surface area contributed by atoms with Crippen molar-refractivity contribution in [2.45, 2.75) is 13.0 Å². The van der Waals surface area contributed by atoms with Crippen LogP contribution in [-0.4, -0.2) is 23.4 Å². The quantitative estimate of drug-likeness (QED) is 0.621. The summed E-state index contributed by atoms with van der Waals surface area (Å²) in [4.78, 5) is 21.3. The van der Waals surface area contributed by atoms with Gasteiger partial charge in [-0.25, -0.2) is 8.78 Å². The van der Waals surface area contributed by atoms with Crippen molar-refractivity contribution in [2.24, 2.45) is 5.73 Å². The van der Waals surface area contributed by atoms with Crippen molar-refractivity contribution in [3.63, 3.8) is 0 Å². The molecule has 3 N–H and O–H groups in total. The lowest BCUT2D eigenvalue weighted by atomic mass is 10.1. The second kappa shape index (κ2) is 5.50. The summed E-state index contributed by atoms with van der Waals surface area (Å²) in [5, 5.41) is 12.9. The van der Waals surface area contributed by atoms with E-state index in [1.54, 1.807) is 6.92 Å². The molecule has 1 unspecified atom stereocenters. The smallest absolute Gasteiger partial charge is 0.285 e. The lowest BCUT2D eigenvalue weighted by Crippen LogP contribution is -2.35. The molecule has 1 aromatic carbocycles. The van der Waals surface area contributed by atoms with Crippen LogP contribution in [0.25, 0.3) is 0 Å². The van der Waals surface area contributed by atoms with Crippen molar-refractivity contribution in [2.75, 3.05) is 6.54 Å². The third-order valence-electron chi connectivity index (χ3n) is 2.06. The molecular weight excluding hydrogens is 248 g/mol. The number of nitro benzene ring substituents is 1. The second-order valence-corrected chi connectivity index (χ2v) is 3.73. The molecule has 1 amide bonds. The van der Waals surface area contributed by atoms with Gasteiger partial charge >= 0.3 is 0 Å². The summed E-state index contributed by atoms with van der Waals surface area (Å²) in [6.45, 7) is 1.68. The number of nitrogens with zero attached hydrogens (tertiary/aromatic N) is 1. The number of nitrogens with two attached hydrogens (primary N) is 1. The molecule has 0 saturated carbocycles. The molecule has 0 aliphatic carbocycles. The monoisotopic (exact) mass is 259 g/mol. The number of nitro groups is 1. The van der Waals surface area contributed by atoms with E-state index in [0.717, 1.165) is 0 Å². The molecule has 18 heavy (non-hydrogen) atoms. The zero-order valence-corrected chi connectivity index (χ0v) is 9.44. The van der Waals surface area contributed by atoms with Gasteiger partial charge in [-0.1, -0.05) is 0 Å². The standard InChI is InChI=1S/C10H11F2N3O3/c1-5(13)4-14-10(16)6-2-7(11)8(12)3-9(6)15(17)18/h2-3,5H,4,13H2,1H3,(H,14,16). The minimum absolute atomic E-state index is 0.0645. The highest BCUT2D eigenvalue weighted by atomic mass is 19.2. The van der Waals surface area contributed by atoms with Gasteiger partial charge in [-0.2, -0.15) is 0 Å². The highest BCUT2D eigenvalue weighted by Crippen LogP contribution is 2.22. The topological polar surface area (TPSA) is 98.3 Å². The van der Waals surface area contributed by atoms with Crippen LogP contribution in [0.3, 0.4) is 0 Å². The molecule has 6 nitrogen and oxygen atoms in total. The van der Waals surface area contributed by atoms with Crippen LogP contribution in [0.4, 0.5) is 14.5 Å². The van der Waals surface area contributed by atoms with Crippen LogP contribution in [0.2, 0.25) is 0 Å². The largest absolute Gasteiger partial charge is 0.350 e. The second-order valence-electron chi connectivity index (χ2n) is 3.73. The molecule has 0 radical (unpaired) electrons. The Morgan fingerprint density at radius 2 is 2.06 bits per heavy atom. The van der Waals surface area contributed by atoms with Crippen molar-refractivity contribution in [1.29, 1.82) is 0 Å². The van der Waals surface area contributed by atoms with Crippen LogP contribution >= 0.6 is 0 Å². The molecule has 0 heterocycles. The van der Waals surface area contributed by atoms with Crippen LogP contribution in [-0.2, 0) is 0 Å². The van der Waals surface area contributed by atoms with E-state index in [4.69, 9.17) is 5.73 Å². The van der Waals surface area contributed by atoms with E-state index < -0.39 is 33.7 Å². The fourth-order valence-corrected chi connectivity index (χ4v) is 1.22.